The number of carbonyl (C=O) groups is 2. The van der Waals surface area contributed by atoms with Crippen molar-refractivity contribution in [2.75, 3.05) is 44.2 Å². The second-order valence-electron chi connectivity index (χ2n) is 9.54. The predicted molar refractivity (Wildman–Crippen MR) is 125 cm³/mol. The van der Waals surface area contributed by atoms with Gasteiger partial charge in [-0.2, -0.15) is 5.10 Å². The standard InChI is InChI=1S/C24H34N6O2/c1-16(29-14-10-25-11-15-29)17-8-12-30(13-9-17)20-5-3-4-18-22(27-28(2)23(18)20)19-6-7-21(31)26-24(19)32/h3-5,16-17,19,25H,6-15H2,1-2H3,(H,26,31,32). The van der Waals surface area contributed by atoms with Crippen LogP contribution in [-0.4, -0.2) is 71.8 Å². The molecule has 0 saturated carbocycles. The normalized spacial score (nSPS) is 24.7. The molecule has 2 aromatic rings. The minimum absolute atomic E-state index is 0.190. The minimum atomic E-state index is -0.364. The summed E-state index contributed by atoms with van der Waals surface area (Å²) in [4.78, 5) is 29.2. The molecular formula is C24H34N6O2. The van der Waals surface area contributed by atoms with Gasteiger partial charge in [-0.3, -0.25) is 24.5 Å². The van der Waals surface area contributed by atoms with Gasteiger partial charge in [0.05, 0.1) is 22.8 Å². The van der Waals surface area contributed by atoms with E-state index in [1.54, 1.807) is 0 Å². The molecule has 5 rings (SSSR count). The molecule has 4 heterocycles. The maximum atomic E-state index is 12.5. The molecule has 172 valence electrons. The Kier molecular flexibility index (Phi) is 5.90. The molecule has 0 spiro atoms. The molecule has 0 bridgehead atoms. The maximum Gasteiger partial charge on any atom is 0.235 e. The van der Waals surface area contributed by atoms with Crippen LogP contribution in [0.15, 0.2) is 18.2 Å². The number of rotatable bonds is 4. The Morgan fingerprint density at radius 2 is 1.81 bits per heavy atom. The summed E-state index contributed by atoms with van der Waals surface area (Å²) in [7, 11) is 1.96. The number of carbonyl (C=O) groups excluding carboxylic acids is 2. The molecule has 8 heteroatoms. The number of piperidine rings is 2. The van der Waals surface area contributed by atoms with E-state index < -0.39 is 0 Å². The summed E-state index contributed by atoms with van der Waals surface area (Å²) in [5.74, 6) is -0.0501. The fourth-order valence-electron chi connectivity index (χ4n) is 5.82. The van der Waals surface area contributed by atoms with Crippen LogP contribution in [0.1, 0.15) is 44.2 Å². The molecule has 0 radical (unpaired) electrons. The van der Waals surface area contributed by atoms with Crippen molar-refractivity contribution in [1.29, 1.82) is 0 Å². The molecule has 3 saturated heterocycles. The smallest absolute Gasteiger partial charge is 0.235 e. The molecule has 1 aromatic heterocycles. The number of nitrogens with one attached hydrogen (secondary N) is 2. The third-order valence-electron chi connectivity index (χ3n) is 7.73. The Morgan fingerprint density at radius 1 is 1.06 bits per heavy atom. The van der Waals surface area contributed by atoms with Crippen LogP contribution in [0.2, 0.25) is 0 Å². The minimum Gasteiger partial charge on any atom is -0.370 e. The van der Waals surface area contributed by atoms with E-state index in [0.29, 0.717) is 18.9 Å². The number of anilines is 1. The van der Waals surface area contributed by atoms with E-state index in [9.17, 15) is 9.59 Å². The number of hydrogen-bond acceptors (Lipinski definition) is 6. The van der Waals surface area contributed by atoms with E-state index in [-0.39, 0.29) is 17.7 Å². The number of amides is 2. The van der Waals surface area contributed by atoms with Crippen molar-refractivity contribution >= 4 is 28.4 Å². The molecule has 8 nitrogen and oxygen atoms in total. The summed E-state index contributed by atoms with van der Waals surface area (Å²) >= 11 is 0. The highest BCUT2D eigenvalue weighted by atomic mass is 16.2. The number of benzene rings is 1. The highest BCUT2D eigenvalue weighted by Crippen LogP contribution is 2.36. The number of para-hydroxylation sites is 1. The lowest BCUT2D eigenvalue weighted by Crippen LogP contribution is -2.51. The van der Waals surface area contributed by atoms with Gasteiger partial charge in [-0.05, 0) is 38.2 Å². The quantitative estimate of drug-likeness (QED) is 0.706. The predicted octanol–water partition coefficient (Wildman–Crippen LogP) is 1.60. The number of piperazine rings is 1. The van der Waals surface area contributed by atoms with Crippen LogP contribution < -0.4 is 15.5 Å². The summed E-state index contributed by atoms with van der Waals surface area (Å²) in [6.07, 6.45) is 3.28. The first-order chi connectivity index (χ1) is 15.5. The lowest BCUT2D eigenvalue weighted by molar-refractivity contribution is -0.134. The summed E-state index contributed by atoms with van der Waals surface area (Å²) in [6.45, 7) is 8.98. The monoisotopic (exact) mass is 438 g/mol. The van der Waals surface area contributed by atoms with Crippen molar-refractivity contribution in [3.05, 3.63) is 23.9 Å². The molecule has 2 atom stereocenters. The zero-order chi connectivity index (χ0) is 22.2. The molecule has 2 amide bonds. The highest BCUT2D eigenvalue weighted by molar-refractivity contribution is 6.03. The first kappa shape index (κ1) is 21.4. The fourth-order valence-corrected chi connectivity index (χ4v) is 5.82. The van der Waals surface area contributed by atoms with E-state index in [2.05, 4.69) is 45.6 Å². The zero-order valence-electron chi connectivity index (χ0n) is 19.1. The maximum absolute atomic E-state index is 12.5. The van der Waals surface area contributed by atoms with E-state index in [1.807, 2.05) is 11.7 Å². The lowest BCUT2D eigenvalue weighted by atomic mass is 9.88. The molecular weight excluding hydrogens is 404 g/mol. The molecule has 2 N–H and O–H groups in total. The molecule has 3 aliphatic heterocycles. The largest absolute Gasteiger partial charge is 0.370 e. The second-order valence-corrected chi connectivity index (χ2v) is 9.54. The van der Waals surface area contributed by atoms with E-state index >= 15 is 0 Å². The number of hydrogen-bond donors (Lipinski definition) is 2. The SMILES string of the molecule is CC(C1CCN(c2cccc3c(C4CCC(=O)NC4=O)nn(C)c23)CC1)N1CCNCC1. The third kappa shape index (κ3) is 3.90. The Morgan fingerprint density at radius 3 is 2.53 bits per heavy atom. The third-order valence-corrected chi connectivity index (χ3v) is 7.73. The van der Waals surface area contributed by atoms with Gasteiger partial charge in [0.2, 0.25) is 11.8 Å². The van der Waals surface area contributed by atoms with Crippen LogP contribution in [-0.2, 0) is 16.6 Å². The first-order valence-electron chi connectivity index (χ1n) is 12.0. The molecule has 2 unspecified atom stereocenters. The number of aromatic nitrogens is 2. The van der Waals surface area contributed by atoms with Gasteiger partial charge in [0.15, 0.2) is 0 Å². The van der Waals surface area contributed by atoms with Crippen molar-refractivity contribution in [3.63, 3.8) is 0 Å². The first-order valence-corrected chi connectivity index (χ1v) is 12.0. The molecule has 1 aromatic carbocycles. The van der Waals surface area contributed by atoms with Gasteiger partial charge >= 0.3 is 0 Å². The lowest BCUT2D eigenvalue weighted by Gasteiger charge is -2.42. The molecule has 0 aliphatic carbocycles. The topological polar surface area (TPSA) is 82.5 Å². The van der Waals surface area contributed by atoms with Gasteiger partial charge in [0.25, 0.3) is 0 Å². The van der Waals surface area contributed by atoms with Crippen LogP contribution in [0.3, 0.4) is 0 Å². The number of fused-ring (bicyclic) bond motifs is 1. The summed E-state index contributed by atoms with van der Waals surface area (Å²) in [5.41, 5.74) is 3.07. The van der Waals surface area contributed by atoms with Gasteiger partial charge in [-0.25, -0.2) is 0 Å². The van der Waals surface area contributed by atoms with Crippen molar-refractivity contribution in [3.8, 4) is 0 Å². The highest BCUT2D eigenvalue weighted by Gasteiger charge is 2.33. The molecule has 3 aliphatic rings. The van der Waals surface area contributed by atoms with Crippen molar-refractivity contribution < 1.29 is 9.59 Å². The average Bonchev–Trinajstić information content (AvgIpc) is 3.16. The van der Waals surface area contributed by atoms with Gasteiger partial charge < -0.3 is 10.2 Å². The number of imide groups is 1. The molecule has 32 heavy (non-hydrogen) atoms. The van der Waals surface area contributed by atoms with Crippen LogP contribution in [0.5, 0.6) is 0 Å². The summed E-state index contributed by atoms with van der Waals surface area (Å²) in [6, 6.07) is 6.94. The second kappa shape index (κ2) is 8.83. The van der Waals surface area contributed by atoms with E-state index in [0.717, 1.165) is 61.8 Å². The van der Waals surface area contributed by atoms with Gasteiger partial charge in [-0.15, -0.1) is 0 Å². The Labute approximate surface area is 189 Å². The Bertz CT molecular complexity index is 1000. The van der Waals surface area contributed by atoms with E-state index in [4.69, 9.17) is 5.10 Å². The van der Waals surface area contributed by atoms with Crippen molar-refractivity contribution in [2.45, 2.75) is 44.6 Å². The summed E-state index contributed by atoms with van der Waals surface area (Å²) in [5, 5.41) is 11.7. The summed E-state index contributed by atoms with van der Waals surface area (Å²) < 4.78 is 1.92. The average molecular weight is 439 g/mol. The van der Waals surface area contributed by atoms with Crippen LogP contribution >= 0.6 is 0 Å². The zero-order valence-corrected chi connectivity index (χ0v) is 19.1. The van der Waals surface area contributed by atoms with Gasteiger partial charge in [-0.1, -0.05) is 12.1 Å². The van der Waals surface area contributed by atoms with Crippen molar-refractivity contribution in [1.82, 2.24) is 25.3 Å². The van der Waals surface area contributed by atoms with Gasteiger partial charge in [0, 0.05) is 64.2 Å². The van der Waals surface area contributed by atoms with Crippen LogP contribution in [0.4, 0.5) is 5.69 Å². The van der Waals surface area contributed by atoms with E-state index in [1.165, 1.54) is 18.5 Å². The number of aryl methyl sites for hydroxylation is 1. The Balaban J connectivity index is 1.35. The number of nitrogens with zero attached hydrogens (tertiary/aromatic N) is 4. The van der Waals surface area contributed by atoms with Crippen molar-refractivity contribution in [2.24, 2.45) is 13.0 Å². The Hall–Kier alpha value is -2.45. The van der Waals surface area contributed by atoms with Crippen LogP contribution in [0, 0.1) is 5.92 Å². The van der Waals surface area contributed by atoms with Crippen LogP contribution in [0.25, 0.3) is 10.9 Å². The fraction of sp³-hybridized carbons (Fsp3) is 0.625. The van der Waals surface area contributed by atoms with Gasteiger partial charge in [0.1, 0.15) is 0 Å². The molecule has 3 fully saturated rings.